The molecule has 0 bridgehead atoms. The zero-order valence-corrected chi connectivity index (χ0v) is 37.1. The Balaban J connectivity index is 1.35. The second-order valence-electron chi connectivity index (χ2n) is 15.9. The molecule has 0 spiro atoms. The Morgan fingerprint density at radius 1 is 1.06 bits per heavy atom. The van der Waals surface area contributed by atoms with Crippen molar-refractivity contribution in [1.29, 1.82) is 0 Å². The number of ether oxygens (including phenoxy) is 1. The predicted octanol–water partition coefficient (Wildman–Crippen LogP) is 7.73. The van der Waals surface area contributed by atoms with Crippen LogP contribution in [0.2, 0.25) is 5.02 Å². The highest BCUT2D eigenvalue weighted by Gasteiger charge is 2.68. The first kappa shape index (κ1) is 44.2. The van der Waals surface area contributed by atoms with Gasteiger partial charge in [-0.1, -0.05) is 23.7 Å². The molecule has 4 heterocycles. The molecule has 7 aromatic rings. The number of pyridine rings is 1. The van der Waals surface area contributed by atoms with E-state index in [1.807, 2.05) is 0 Å². The summed E-state index contributed by atoms with van der Waals surface area (Å²) in [7, 11) is -1.24. The van der Waals surface area contributed by atoms with E-state index < -0.39 is 98.5 Å². The lowest BCUT2D eigenvalue weighted by molar-refractivity contribution is -0.122. The largest absolute Gasteiger partial charge is 0.497 e. The molecule has 1 saturated carbocycles. The summed E-state index contributed by atoms with van der Waals surface area (Å²) in [6.07, 6.45) is -1.89. The summed E-state index contributed by atoms with van der Waals surface area (Å²) in [5.41, 5.74) is 2.78. The third-order valence-corrected chi connectivity index (χ3v) is 13.6. The van der Waals surface area contributed by atoms with Gasteiger partial charge in [-0.2, -0.15) is 19.0 Å². The first-order valence-electron chi connectivity index (χ1n) is 19.6. The fourth-order valence-corrected chi connectivity index (χ4v) is 10.3. The minimum Gasteiger partial charge on any atom is -0.497 e. The highest BCUT2D eigenvalue weighted by molar-refractivity contribution is 9.10. The number of alkyl halides is 4. The van der Waals surface area contributed by atoms with Gasteiger partial charge in [0, 0.05) is 35.3 Å². The lowest BCUT2D eigenvalue weighted by Crippen LogP contribution is -2.39. The van der Waals surface area contributed by atoms with E-state index in [4.69, 9.17) is 27.1 Å². The van der Waals surface area contributed by atoms with Crippen LogP contribution >= 0.6 is 27.5 Å². The number of sulfonamides is 1. The van der Waals surface area contributed by atoms with Gasteiger partial charge in [-0.25, -0.2) is 44.9 Å². The van der Waals surface area contributed by atoms with E-state index in [-0.39, 0.29) is 57.0 Å². The third kappa shape index (κ3) is 7.47. The molecule has 1 amide bonds. The Labute approximate surface area is 377 Å². The number of carbonyl (C=O) groups excluding carboxylic acids is 1. The number of aryl methyl sites for hydroxylation is 1. The number of halogens is 8. The number of nitrogens with two attached hydrogens (primary N) is 1. The van der Waals surface area contributed by atoms with E-state index >= 15 is 13.6 Å². The molecule has 0 saturated heterocycles. The van der Waals surface area contributed by atoms with E-state index in [0.29, 0.717) is 26.5 Å². The molecule has 2 N–H and O–H groups in total. The molecule has 4 atom stereocenters. The number of hydrogen-bond donors (Lipinski definition) is 1. The van der Waals surface area contributed by atoms with Crippen molar-refractivity contribution in [3.8, 4) is 11.4 Å². The average molecular weight is 1010 g/mol. The topological polar surface area (TPSA) is 173 Å². The van der Waals surface area contributed by atoms with Crippen LogP contribution < -0.4 is 20.3 Å². The fraction of sp³-hybridized carbons (Fsp3) is 0.286. The van der Waals surface area contributed by atoms with Crippen LogP contribution in [-0.2, 0) is 40.8 Å². The Bertz CT molecular complexity index is 3280. The van der Waals surface area contributed by atoms with Crippen LogP contribution in [0.5, 0.6) is 5.75 Å². The van der Waals surface area contributed by atoms with Gasteiger partial charge in [-0.3, -0.25) is 18.8 Å². The van der Waals surface area contributed by atoms with Gasteiger partial charge in [-0.05, 0) is 88.3 Å². The quantitative estimate of drug-likeness (QED) is 0.114. The van der Waals surface area contributed by atoms with Crippen LogP contribution in [0.1, 0.15) is 64.6 Å². The number of nitrogens with zero attached hydrogens (tertiary/aromatic N) is 8. The number of methoxy groups -OCH3 is 1. The summed E-state index contributed by atoms with van der Waals surface area (Å²) in [6.45, 7) is -0.244. The van der Waals surface area contributed by atoms with E-state index in [1.165, 1.54) is 43.2 Å². The maximum absolute atomic E-state index is 16.2. The minimum atomic E-state index is -4.14. The lowest BCUT2D eigenvalue weighted by Gasteiger charge is -2.30. The third-order valence-electron chi connectivity index (χ3n) is 11.7. The number of benzene rings is 3. The summed E-state index contributed by atoms with van der Waals surface area (Å²) in [5.74, 6) is -11.6. The van der Waals surface area contributed by atoms with Gasteiger partial charge in [-0.15, -0.1) is 0 Å². The highest BCUT2D eigenvalue weighted by atomic mass is 79.9. The zero-order chi connectivity index (χ0) is 46.6. The number of rotatable bonds is 13. The maximum atomic E-state index is 16.2. The number of amides is 1. The Kier molecular flexibility index (Phi) is 10.8. The van der Waals surface area contributed by atoms with Crippen LogP contribution in [0.25, 0.3) is 27.6 Å². The van der Waals surface area contributed by atoms with E-state index in [1.54, 1.807) is 24.3 Å². The molecule has 4 aromatic heterocycles. The molecule has 14 nitrogen and oxygen atoms in total. The van der Waals surface area contributed by atoms with Crippen LogP contribution in [0.4, 0.5) is 32.2 Å². The Hall–Kier alpha value is -6.00. The standard InChI is InChI=1S/C42H33BrClF6N9O5S/c1-56-34-29(9-8-28(44)31(34)40(55-56)57(65(3,62)63)17-18-4-6-23(64-2)7-5-18)58-39(53-38-26(41(58)61)13-20(43)16-52-38)25(12-19-10-21(45)14-22(46)11-19)33(37(51)60)59-35-30(32(54-59)36(47)48)24-15-27(24)42(35,49)50/h4-11,13-14,16,24-25,27,33,36H,12,15,17H2,1-3H3,(H2,51,60)/t24-,25-,27+,33?/m0/s1. The molecule has 9 rings (SSSR count). The van der Waals surface area contributed by atoms with Gasteiger partial charge >= 0.3 is 0 Å². The van der Waals surface area contributed by atoms with Crippen molar-refractivity contribution in [2.75, 3.05) is 17.7 Å². The number of hydrogen-bond acceptors (Lipinski definition) is 9. The lowest BCUT2D eigenvalue weighted by atomic mass is 9.89. The van der Waals surface area contributed by atoms with E-state index in [2.05, 4.69) is 31.1 Å². The molecular formula is C42H33BrClF6N9O5S. The first-order chi connectivity index (χ1) is 30.7. The number of anilines is 1. The van der Waals surface area contributed by atoms with Gasteiger partial charge in [0.15, 0.2) is 11.5 Å². The van der Waals surface area contributed by atoms with Crippen LogP contribution in [-0.4, -0.2) is 61.8 Å². The van der Waals surface area contributed by atoms with Crippen molar-refractivity contribution in [3.63, 3.8) is 0 Å². The molecule has 1 fully saturated rings. The highest BCUT2D eigenvalue weighted by Crippen LogP contribution is 2.68. The second-order valence-corrected chi connectivity index (χ2v) is 19.1. The van der Waals surface area contributed by atoms with Crippen LogP contribution in [0, 0.1) is 17.6 Å². The van der Waals surface area contributed by atoms with Crippen molar-refractivity contribution in [3.05, 3.63) is 132 Å². The van der Waals surface area contributed by atoms with Crippen molar-refractivity contribution >= 4 is 71.2 Å². The van der Waals surface area contributed by atoms with Crippen LogP contribution in [0.3, 0.4) is 0 Å². The molecule has 65 heavy (non-hydrogen) atoms. The molecule has 0 radical (unpaired) electrons. The number of fused-ring (bicyclic) bond motifs is 5. The zero-order valence-electron chi connectivity index (χ0n) is 34.0. The van der Waals surface area contributed by atoms with Crippen molar-refractivity contribution in [1.82, 2.24) is 34.1 Å². The van der Waals surface area contributed by atoms with Gasteiger partial charge in [0.25, 0.3) is 17.9 Å². The Morgan fingerprint density at radius 3 is 2.38 bits per heavy atom. The summed E-state index contributed by atoms with van der Waals surface area (Å²) >= 11 is 10.2. The van der Waals surface area contributed by atoms with E-state index in [9.17, 15) is 30.8 Å². The fourth-order valence-electron chi connectivity index (χ4n) is 8.91. The first-order valence-corrected chi connectivity index (χ1v) is 22.6. The van der Waals surface area contributed by atoms with E-state index in [0.717, 1.165) is 27.3 Å². The minimum absolute atomic E-state index is 0.0106. The molecule has 2 aliphatic rings. The smallest absolute Gasteiger partial charge is 0.293 e. The Morgan fingerprint density at radius 2 is 1.75 bits per heavy atom. The van der Waals surface area contributed by atoms with Gasteiger partial charge < -0.3 is 10.5 Å². The molecular weight excluding hydrogens is 972 g/mol. The van der Waals surface area contributed by atoms with Gasteiger partial charge in [0.2, 0.25) is 15.9 Å². The summed E-state index contributed by atoms with van der Waals surface area (Å²) < 4.78 is 128. The predicted molar refractivity (Wildman–Crippen MR) is 229 cm³/mol. The molecule has 3 aromatic carbocycles. The SMILES string of the molecule is COc1ccc(CN(c2nn(C)c3c(-n4c([C@@H](Cc5cc(F)cc(F)c5)C(C(N)=O)n5nc(C(F)F)c6c5C(F)(F)[C@@H]5C[C@H]65)nc5ncc(Br)cc5c4=O)ccc(Cl)c23)S(C)(=O)=O)cc1. The maximum Gasteiger partial charge on any atom is 0.293 e. The molecule has 2 aliphatic carbocycles. The van der Waals surface area contributed by atoms with Crippen molar-refractivity contribution in [2.24, 2.45) is 18.7 Å². The normalized spacial score (nSPS) is 17.4. The number of carbonyl (C=O) groups is 1. The summed E-state index contributed by atoms with van der Waals surface area (Å²) in [5, 5.41) is 8.33. The number of primary amides is 1. The molecule has 338 valence electrons. The summed E-state index contributed by atoms with van der Waals surface area (Å²) in [6, 6.07) is 10.8. The van der Waals surface area contributed by atoms with Crippen LogP contribution in [0.15, 0.2) is 76.1 Å². The average Bonchev–Trinajstić information content (AvgIpc) is 3.75. The monoisotopic (exact) mass is 1000 g/mol. The van der Waals surface area contributed by atoms with Gasteiger partial charge in [0.05, 0.1) is 52.8 Å². The van der Waals surface area contributed by atoms with Gasteiger partial charge in [0.1, 0.15) is 40.6 Å². The number of aromatic nitrogens is 7. The van der Waals surface area contributed by atoms with Crippen molar-refractivity contribution in [2.45, 2.75) is 49.6 Å². The molecule has 1 unspecified atom stereocenters. The molecule has 23 heteroatoms. The van der Waals surface area contributed by atoms with Crippen molar-refractivity contribution < 1.29 is 44.3 Å². The summed E-state index contributed by atoms with van der Waals surface area (Å²) in [4.78, 5) is 38.1. The molecule has 0 aliphatic heterocycles. The second kappa shape index (κ2) is 15.9.